The molecule has 1 saturated heterocycles. The molecule has 3 aromatic carbocycles. The molecule has 200 valence electrons. The van der Waals surface area contributed by atoms with Gasteiger partial charge in [-0.15, -0.1) is 0 Å². The smallest absolute Gasteiger partial charge is 0.352 e. The van der Waals surface area contributed by atoms with E-state index < -0.39 is 28.3 Å². The van der Waals surface area contributed by atoms with E-state index in [1.807, 2.05) is 12.1 Å². The number of nitro groups is 1. The minimum Gasteiger partial charge on any atom is -0.352 e. The van der Waals surface area contributed by atoms with E-state index in [1.54, 1.807) is 0 Å². The van der Waals surface area contributed by atoms with Gasteiger partial charge in [-0.2, -0.15) is 13.2 Å². The molecule has 0 atom stereocenters. The molecule has 38 heavy (non-hydrogen) atoms. The molecule has 10 heteroatoms. The van der Waals surface area contributed by atoms with E-state index in [-0.39, 0.29) is 18.2 Å². The fraction of sp³-hybridized carbons (Fsp3) is 0.321. The molecule has 0 unspecified atom stereocenters. The van der Waals surface area contributed by atoms with Gasteiger partial charge in [-0.25, -0.2) is 0 Å². The maximum Gasteiger partial charge on any atom is 0.416 e. The van der Waals surface area contributed by atoms with Gasteiger partial charge in [-0.3, -0.25) is 19.8 Å². The third kappa shape index (κ3) is 6.76. The lowest BCUT2D eigenvalue weighted by molar-refractivity contribution is -0.385. The zero-order valence-electron chi connectivity index (χ0n) is 20.7. The summed E-state index contributed by atoms with van der Waals surface area (Å²) in [5, 5.41) is 13.8. The van der Waals surface area contributed by atoms with Crippen LogP contribution in [0.3, 0.4) is 0 Å². The first-order valence-electron chi connectivity index (χ1n) is 12.4. The van der Waals surface area contributed by atoms with Crippen LogP contribution in [0.1, 0.15) is 39.5 Å². The molecule has 1 N–H and O–H groups in total. The number of nitrogens with one attached hydrogen (secondary N) is 1. The summed E-state index contributed by atoms with van der Waals surface area (Å²) in [4.78, 5) is 27.5. The van der Waals surface area contributed by atoms with Crippen molar-refractivity contribution >= 4 is 11.6 Å². The fourth-order valence-corrected chi connectivity index (χ4v) is 4.78. The van der Waals surface area contributed by atoms with Gasteiger partial charge in [0.25, 0.3) is 11.6 Å². The summed E-state index contributed by atoms with van der Waals surface area (Å²) in [5.41, 5.74) is 0.0745. The van der Waals surface area contributed by atoms with E-state index in [4.69, 9.17) is 0 Å². The summed E-state index contributed by atoms with van der Waals surface area (Å²) < 4.78 is 38.7. The number of halogens is 3. The lowest BCUT2D eigenvalue weighted by Gasteiger charge is -2.39. The zero-order valence-corrected chi connectivity index (χ0v) is 20.7. The van der Waals surface area contributed by atoms with Crippen molar-refractivity contribution in [2.75, 3.05) is 39.3 Å². The molecule has 1 fully saturated rings. The molecule has 1 amide bonds. The van der Waals surface area contributed by atoms with E-state index in [0.29, 0.717) is 18.6 Å². The monoisotopic (exact) mass is 526 g/mol. The molecule has 1 aliphatic rings. The highest BCUT2D eigenvalue weighted by Gasteiger charge is 2.34. The minimum atomic E-state index is -4.73. The largest absolute Gasteiger partial charge is 0.416 e. The van der Waals surface area contributed by atoms with Gasteiger partial charge in [0.2, 0.25) is 0 Å². The van der Waals surface area contributed by atoms with Gasteiger partial charge in [0.15, 0.2) is 0 Å². The van der Waals surface area contributed by atoms with Crippen molar-refractivity contribution in [1.29, 1.82) is 0 Å². The van der Waals surface area contributed by atoms with Crippen LogP contribution >= 0.6 is 0 Å². The maximum absolute atomic E-state index is 12.9. The van der Waals surface area contributed by atoms with Crippen molar-refractivity contribution in [2.24, 2.45) is 0 Å². The molecular formula is C28H29F3N4O3. The fourth-order valence-electron chi connectivity index (χ4n) is 4.78. The van der Waals surface area contributed by atoms with E-state index in [2.05, 4.69) is 63.6 Å². The van der Waals surface area contributed by atoms with Crippen LogP contribution in [-0.2, 0) is 6.18 Å². The van der Waals surface area contributed by atoms with Crippen molar-refractivity contribution in [3.63, 3.8) is 0 Å². The molecule has 0 saturated carbocycles. The molecule has 7 nitrogen and oxygen atoms in total. The van der Waals surface area contributed by atoms with Crippen molar-refractivity contribution in [3.8, 4) is 0 Å². The van der Waals surface area contributed by atoms with Gasteiger partial charge in [-0.1, -0.05) is 60.7 Å². The van der Waals surface area contributed by atoms with E-state index in [0.717, 1.165) is 38.8 Å². The zero-order chi connectivity index (χ0) is 27.1. The number of carbonyl (C=O) groups is 1. The van der Waals surface area contributed by atoms with E-state index in [9.17, 15) is 28.1 Å². The van der Waals surface area contributed by atoms with Crippen molar-refractivity contribution in [1.82, 2.24) is 15.1 Å². The lowest BCUT2D eigenvalue weighted by Crippen LogP contribution is -2.48. The summed E-state index contributed by atoms with van der Waals surface area (Å²) in [6, 6.07) is 22.9. The molecule has 0 aromatic heterocycles. The van der Waals surface area contributed by atoms with Gasteiger partial charge >= 0.3 is 6.18 Å². The molecule has 0 radical (unpaired) electrons. The Hall–Kier alpha value is -3.76. The van der Waals surface area contributed by atoms with Crippen LogP contribution in [-0.4, -0.2) is 59.9 Å². The SMILES string of the molecule is O=C(NCCCN1CCN(C(c2ccccc2)c2ccccc2)CC1)c1ccc(C(F)(F)F)cc1[N+](=O)[O-]. The Labute approximate surface area is 219 Å². The highest BCUT2D eigenvalue weighted by Crippen LogP contribution is 2.33. The summed E-state index contributed by atoms with van der Waals surface area (Å²) in [5.74, 6) is -0.760. The van der Waals surface area contributed by atoms with Crippen LogP contribution in [0, 0.1) is 10.1 Å². The van der Waals surface area contributed by atoms with Crippen molar-refractivity contribution < 1.29 is 22.9 Å². The van der Waals surface area contributed by atoms with Gasteiger partial charge in [0.05, 0.1) is 16.5 Å². The van der Waals surface area contributed by atoms with Crippen LogP contribution in [0.25, 0.3) is 0 Å². The number of benzene rings is 3. The van der Waals surface area contributed by atoms with Crippen LogP contribution in [0.15, 0.2) is 78.9 Å². The lowest BCUT2D eigenvalue weighted by atomic mass is 9.96. The van der Waals surface area contributed by atoms with Gasteiger partial charge < -0.3 is 10.2 Å². The second-order valence-corrected chi connectivity index (χ2v) is 9.20. The third-order valence-electron chi connectivity index (χ3n) is 6.71. The number of nitro benzene ring substituents is 1. The van der Waals surface area contributed by atoms with Crippen LogP contribution in [0.2, 0.25) is 0 Å². The topological polar surface area (TPSA) is 78.7 Å². The average molecular weight is 527 g/mol. The first kappa shape index (κ1) is 27.3. The van der Waals surface area contributed by atoms with E-state index in [1.165, 1.54) is 11.1 Å². The molecule has 0 spiro atoms. The van der Waals surface area contributed by atoms with Crippen molar-refractivity contribution in [2.45, 2.75) is 18.6 Å². The van der Waals surface area contributed by atoms with Gasteiger partial charge in [0.1, 0.15) is 5.56 Å². The number of hydrogen-bond acceptors (Lipinski definition) is 5. The number of piperazine rings is 1. The number of nitrogens with zero attached hydrogens (tertiary/aromatic N) is 3. The molecule has 3 aromatic rings. The average Bonchev–Trinajstić information content (AvgIpc) is 2.92. The van der Waals surface area contributed by atoms with Crippen LogP contribution in [0.5, 0.6) is 0 Å². The predicted octanol–water partition coefficient (Wildman–Crippen LogP) is 5.14. The summed E-state index contributed by atoms with van der Waals surface area (Å²) in [6.07, 6.45) is -4.12. The second-order valence-electron chi connectivity index (χ2n) is 9.20. The highest BCUT2D eigenvalue weighted by atomic mass is 19.4. The van der Waals surface area contributed by atoms with E-state index >= 15 is 0 Å². The molecule has 4 rings (SSSR count). The Morgan fingerprint density at radius 2 is 1.50 bits per heavy atom. The number of rotatable bonds is 9. The summed E-state index contributed by atoms with van der Waals surface area (Å²) in [6.45, 7) is 4.44. The number of carbonyl (C=O) groups excluding carboxylic acids is 1. The quantitative estimate of drug-likeness (QED) is 0.237. The Balaban J connectivity index is 1.28. The van der Waals surface area contributed by atoms with Crippen molar-refractivity contribution in [3.05, 3.63) is 111 Å². The van der Waals surface area contributed by atoms with Gasteiger partial charge in [0, 0.05) is 38.8 Å². The normalized spacial score (nSPS) is 14.9. The summed E-state index contributed by atoms with van der Waals surface area (Å²) >= 11 is 0. The predicted molar refractivity (Wildman–Crippen MR) is 138 cm³/mol. The minimum absolute atomic E-state index is 0.165. The molecule has 1 heterocycles. The first-order valence-corrected chi connectivity index (χ1v) is 12.4. The third-order valence-corrected chi connectivity index (χ3v) is 6.71. The molecule has 0 aliphatic carbocycles. The Morgan fingerprint density at radius 3 is 2.03 bits per heavy atom. The number of amides is 1. The Kier molecular flexibility index (Phi) is 8.75. The molecule has 1 aliphatic heterocycles. The standard InChI is InChI=1S/C28H29F3N4O3/c29-28(30,31)23-12-13-24(25(20-23)35(37)38)27(36)32-14-7-15-33-16-18-34(19-17-33)26(21-8-3-1-4-9-21)22-10-5-2-6-11-22/h1-6,8-13,20,26H,7,14-19H2,(H,32,36). The highest BCUT2D eigenvalue weighted by molar-refractivity contribution is 5.98. The Morgan fingerprint density at radius 1 is 0.921 bits per heavy atom. The van der Waals surface area contributed by atoms with Crippen LogP contribution in [0.4, 0.5) is 18.9 Å². The van der Waals surface area contributed by atoms with Gasteiger partial charge in [-0.05, 0) is 36.2 Å². The molecule has 0 bridgehead atoms. The Bertz CT molecular complexity index is 1190. The number of alkyl halides is 3. The molecular weight excluding hydrogens is 497 g/mol. The summed E-state index contributed by atoms with van der Waals surface area (Å²) in [7, 11) is 0. The van der Waals surface area contributed by atoms with Crippen LogP contribution < -0.4 is 5.32 Å². The maximum atomic E-state index is 12.9. The number of hydrogen-bond donors (Lipinski definition) is 1. The first-order chi connectivity index (χ1) is 18.2. The second kappa shape index (κ2) is 12.2.